The molecule has 3 N–H and O–H groups in total. The first kappa shape index (κ1) is 14.1. The summed E-state index contributed by atoms with van der Waals surface area (Å²) in [6, 6.07) is 1.00. The van der Waals surface area contributed by atoms with Crippen LogP contribution in [-0.4, -0.2) is 59.3 Å². The van der Waals surface area contributed by atoms with Crippen LogP contribution in [0.2, 0.25) is 0 Å². The van der Waals surface area contributed by atoms with Gasteiger partial charge in [-0.25, -0.2) is 4.79 Å². The second-order valence-electron chi connectivity index (χ2n) is 3.51. The van der Waals surface area contributed by atoms with Gasteiger partial charge in [-0.3, -0.25) is 14.6 Å². The zero-order valence-electron chi connectivity index (χ0n) is 9.93. The molecule has 8 nitrogen and oxygen atoms in total. The molecule has 0 aliphatic carbocycles. The first-order chi connectivity index (χ1) is 8.58. The van der Waals surface area contributed by atoms with E-state index in [1.54, 1.807) is 0 Å². The molecule has 0 atom stereocenters. The third kappa shape index (κ3) is 3.82. The minimum atomic E-state index is -0.749. The molecule has 100 valence electrons. The Kier molecular flexibility index (Phi) is 5.28. The van der Waals surface area contributed by atoms with Gasteiger partial charge < -0.3 is 19.7 Å². The number of nitrogens with one attached hydrogen (secondary N) is 2. The molecule has 1 amide bonds. The molecule has 0 unspecified atom stereocenters. The maximum atomic E-state index is 12.0. The molecule has 18 heavy (non-hydrogen) atoms. The van der Waals surface area contributed by atoms with E-state index in [0.717, 1.165) is 6.07 Å². The number of aliphatic hydroxyl groups is 1. The fourth-order valence-corrected chi connectivity index (χ4v) is 1.39. The van der Waals surface area contributed by atoms with Gasteiger partial charge in [0.15, 0.2) is 0 Å². The highest BCUT2D eigenvalue weighted by Crippen LogP contribution is 1.97. The molecule has 0 spiro atoms. The topological polar surface area (TPSA) is 115 Å². The van der Waals surface area contributed by atoms with Gasteiger partial charge in [0.05, 0.1) is 13.2 Å². The maximum Gasteiger partial charge on any atom is 0.326 e. The molecule has 1 rings (SSSR count). The van der Waals surface area contributed by atoms with Crippen molar-refractivity contribution in [3.63, 3.8) is 0 Å². The molecule has 1 heterocycles. The fraction of sp³-hybridized carbons (Fsp3) is 0.500. The van der Waals surface area contributed by atoms with E-state index in [0.29, 0.717) is 6.61 Å². The highest BCUT2D eigenvalue weighted by Gasteiger charge is 2.16. The number of aliphatic hydroxyl groups excluding tert-OH is 1. The zero-order chi connectivity index (χ0) is 13.5. The van der Waals surface area contributed by atoms with Crippen molar-refractivity contribution < 1.29 is 14.6 Å². The van der Waals surface area contributed by atoms with E-state index in [1.165, 1.54) is 12.0 Å². The summed E-state index contributed by atoms with van der Waals surface area (Å²) in [5.74, 6) is -0.538. The van der Waals surface area contributed by atoms with Gasteiger partial charge >= 0.3 is 5.69 Å². The number of amides is 1. The second-order valence-corrected chi connectivity index (χ2v) is 3.51. The van der Waals surface area contributed by atoms with E-state index in [-0.39, 0.29) is 25.4 Å². The monoisotopic (exact) mass is 257 g/mol. The van der Waals surface area contributed by atoms with Crippen LogP contribution in [0.3, 0.4) is 0 Å². The van der Waals surface area contributed by atoms with Crippen molar-refractivity contribution in [2.24, 2.45) is 0 Å². The number of hydrogen-bond acceptors (Lipinski definition) is 5. The van der Waals surface area contributed by atoms with Gasteiger partial charge in [-0.15, -0.1) is 0 Å². The summed E-state index contributed by atoms with van der Waals surface area (Å²) in [7, 11) is 1.48. The number of carbonyl (C=O) groups is 1. The lowest BCUT2D eigenvalue weighted by Gasteiger charge is -2.20. The minimum absolute atomic E-state index is 0.0943. The number of aromatic nitrogens is 2. The molecule has 0 aliphatic rings. The largest absolute Gasteiger partial charge is 0.395 e. The van der Waals surface area contributed by atoms with Crippen LogP contribution in [-0.2, 0) is 4.74 Å². The first-order valence-electron chi connectivity index (χ1n) is 5.31. The van der Waals surface area contributed by atoms with Crippen LogP contribution in [0.15, 0.2) is 15.7 Å². The highest BCUT2D eigenvalue weighted by molar-refractivity contribution is 5.92. The van der Waals surface area contributed by atoms with Crippen LogP contribution < -0.4 is 11.2 Å². The predicted molar refractivity (Wildman–Crippen MR) is 62.5 cm³/mol. The van der Waals surface area contributed by atoms with E-state index in [4.69, 9.17) is 9.84 Å². The van der Waals surface area contributed by atoms with E-state index in [1.807, 2.05) is 4.98 Å². The Hall–Kier alpha value is -1.93. The Balaban J connectivity index is 2.93. The van der Waals surface area contributed by atoms with E-state index in [2.05, 4.69) is 4.98 Å². The second kappa shape index (κ2) is 6.72. The van der Waals surface area contributed by atoms with E-state index >= 15 is 0 Å². The van der Waals surface area contributed by atoms with Gasteiger partial charge in [-0.05, 0) is 0 Å². The maximum absolute atomic E-state index is 12.0. The summed E-state index contributed by atoms with van der Waals surface area (Å²) in [6.45, 7) is 0.420. The Morgan fingerprint density at radius 2 is 2.11 bits per heavy atom. The predicted octanol–water partition coefficient (Wildman–Crippen LogP) is -1.86. The molecule has 0 saturated heterocycles. The normalized spacial score (nSPS) is 10.3. The Bertz CT molecular complexity index is 478. The Morgan fingerprint density at radius 3 is 2.67 bits per heavy atom. The van der Waals surface area contributed by atoms with Crippen LogP contribution >= 0.6 is 0 Å². The molecule has 0 bridgehead atoms. The molecular formula is C10H15N3O5. The average Bonchev–Trinajstić information content (AvgIpc) is 2.32. The number of methoxy groups -OCH3 is 1. The number of H-pyrrole nitrogens is 2. The quantitative estimate of drug-likeness (QED) is 0.553. The third-order valence-corrected chi connectivity index (χ3v) is 2.21. The smallest absolute Gasteiger partial charge is 0.326 e. The van der Waals surface area contributed by atoms with Crippen molar-refractivity contribution in [3.8, 4) is 0 Å². The number of ether oxygens (including phenoxy) is 1. The number of aromatic amines is 2. The van der Waals surface area contributed by atoms with E-state index < -0.39 is 17.2 Å². The van der Waals surface area contributed by atoms with Gasteiger partial charge in [0, 0.05) is 26.3 Å². The van der Waals surface area contributed by atoms with Crippen LogP contribution in [0.25, 0.3) is 0 Å². The Morgan fingerprint density at radius 1 is 1.39 bits per heavy atom. The van der Waals surface area contributed by atoms with Crippen molar-refractivity contribution in [3.05, 3.63) is 32.6 Å². The molecular weight excluding hydrogens is 242 g/mol. The molecule has 0 saturated carbocycles. The average molecular weight is 257 g/mol. The molecule has 0 aliphatic heterocycles. The van der Waals surface area contributed by atoms with Crippen molar-refractivity contribution in [1.82, 2.24) is 14.9 Å². The van der Waals surface area contributed by atoms with Crippen molar-refractivity contribution in [2.45, 2.75) is 0 Å². The standard InChI is InChI=1S/C10H15N3O5/c1-18-5-3-13(2-4-14)9(16)7-6-8(15)12-10(17)11-7/h6,14H,2-5H2,1H3,(H2,11,12,15,17). The lowest BCUT2D eigenvalue weighted by Crippen LogP contribution is -2.38. The summed E-state index contributed by atoms with van der Waals surface area (Å²) in [6.07, 6.45) is 0. The van der Waals surface area contributed by atoms with Gasteiger partial charge in [0.25, 0.3) is 11.5 Å². The molecule has 1 aromatic heterocycles. The number of rotatable bonds is 6. The third-order valence-electron chi connectivity index (χ3n) is 2.21. The highest BCUT2D eigenvalue weighted by atomic mass is 16.5. The molecule has 0 aromatic carbocycles. The summed E-state index contributed by atoms with van der Waals surface area (Å²) < 4.78 is 4.84. The van der Waals surface area contributed by atoms with E-state index in [9.17, 15) is 14.4 Å². The van der Waals surface area contributed by atoms with Crippen molar-refractivity contribution in [2.75, 3.05) is 33.4 Å². The molecule has 0 radical (unpaired) electrons. The molecule has 1 aromatic rings. The van der Waals surface area contributed by atoms with Crippen LogP contribution in [0.4, 0.5) is 0 Å². The van der Waals surface area contributed by atoms with Gasteiger partial charge in [0.2, 0.25) is 0 Å². The fourth-order valence-electron chi connectivity index (χ4n) is 1.39. The summed E-state index contributed by atoms with van der Waals surface area (Å²) in [4.78, 5) is 39.6. The lowest BCUT2D eigenvalue weighted by atomic mass is 10.3. The molecule has 8 heteroatoms. The Labute approximate surface area is 102 Å². The number of carbonyl (C=O) groups excluding carboxylic acids is 1. The first-order valence-corrected chi connectivity index (χ1v) is 5.31. The van der Waals surface area contributed by atoms with Gasteiger partial charge in [0.1, 0.15) is 5.69 Å². The SMILES string of the molecule is COCCN(CCO)C(=O)c1cc(=O)[nH]c(=O)[nH]1. The van der Waals surface area contributed by atoms with Crippen molar-refractivity contribution >= 4 is 5.91 Å². The van der Waals surface area contributed by atoms with Crippen LogP contribution in [0.1, 0.15) is 10.5 Å². The lowest BCUT2D eigenvalue weighted by molar-refractivity contribution is 0.0650. The molecule has 0 fully saturated rings. The van der Waals surface area contributed by atoms with Gasteiger partial charge in [-0.1, -0.05) is 0 Å². The summed E-state index contributed by atoms with van der Waals surface area (Å²) in [5.41, 5.74) is -1.52. The number of hydrogen-bond donors (Lipinski definition) is 3. The van der Waals surface area contributed by atoms with Gasteiger partial charge in [-0.2, -0.15) is 0 Å². The minimum Gasteiger partial charge on any atom is -0.395 e. The zero-order valence-corrected chi connectivity index (χ0v) is 9.93. The van der Waals surface area contributed by atoms with Crippen LogP contribution in [0, 0.1) is 0 Å². The van der Waals surface area contributed by atoms with Crippen LogP contribution in [0.5, 0.6) is 0 Å². The summed E-state index contributed by atoms with van der Waals surface area (Å²) in [5, 5.41) is 8.87. The van der Waals surface area contributed by atoms with Crippen molar-refractivity contribution in [1.29, 1.82) is 0 Å². The number of nitrogens with zero attached hydrogens (tertiary/aromatic N) is 1. The summed E-state index contributed by atoms with van der Waals surface area (Å²) >= 11 is 0.